The Morgan fingerprint density at radius 1 is 1.23 bits per heavy atom. The van der Waals surface area contributed by atoms with Crippen molar-refractivity contribution in [3.8, 4) is 0 Å². The molecule has 0 amide bonds. The zero-order valence-electron chi connectivity index (χ0n) is 14.5. The highest BCUT2D eigenvalue weighted by atomic mass is 28.3. The molecule has 0 heterocycles. The van der Waals surface area contributed by atoms with Gasteiger partial charge in [0.1, 0.15) is 6.04 Å². The molecule has 7 nitrogen and oxygen atoms in total. The third-order valence-corrected chi connectivity index (χ3v) is 5.01. The van der Waals surface area contributed by atoms with Gasteiger partial charge >= 0.3 is 5.97 Å². The Bertz CT molecular complexity index is 377. The summed E-state index contributed by atoms with van der Waals surface area (Å²) in [6.45, 7) is 8.98. The van der Waals surface area contributed by atoms with Crippen LogP contribution < -0.4 is 0 Å². The van der Waals surface area contributed by atoms with E-state index in [0.29, 0.717) is 19.4 Å². The van der Waals surface area contributed by atoms with Crippen LogP contribution in [-0.2, 0) is 19.0 Å². The molecule has 0 bridgehead atoms. The van der Waals surface area contributed by atoms with E-state index in [-0.39, 0.29) is 12.2 Å². The third kappa shape index (κ3) is 9.78. The lowest BCUT2D eigenvalue weighted by Crippen LogP contribution is -2.28. The SMILES string of the molecule is COC(CC(C)CC(N=[N+]=[N-])C(=O)OCC[Si](C)(C)C)OC. The van der Waals surface area contributed by atoms with Crippen molar-refractivity contribution in [3.05, 3.63) is 10.4 Å². The summed E-state index contributed by atoms with van der Waals surface area (Å²) < 4.78 is 15.5. The van der Waals surface area contributed by atoms with Crippen LogP contribution in [0.25, 0.3) is 10.4 Å². The van der Waals surface area contributed by atoms with E-state index in [1.54, 1.807) is 14.2 Å². The van der Waals surface area contributed by atoms with Gasteiger partial charge in [-0.05, 0) is 23.9 Å². The molecule has 2 unspecified atom stereocenters. The minimum absolute atomic E-state index is 0.102. The Balaban J connectivity index is 4.46. The molecule has 0 aliphatic carbocycles. The van der Waals surface area contributed by atoms with Crippen molar-refractivity contribution in [3.63, 3.8) is 0 Å². The maximum absolute atomic E-state index is 12.0. The van der Waals surface area contributed by atoms with Crippen LogP contribution in [0.5, 0.6) is 0 Å². The number of ether oxygens (including phenoxy) is 3. The second-order valence-electron chi connectivity index (χ2n) is 6.68. The van der Waals surface area contributed by atoms with Gasteiger partial charge in [0.2, 0.25) is 0 Å². The molecule has 0 saturated carbocycles. The van der Waals surface area contributed by atoms with Gasteiger partial charge in [0.15, 0.2) is 6.29 Å². The molecule has 0 N–H and O–H groups in total. The normalized spacial score (nSPS) is 14.3. The van der Waals surface area contributed by atoms with Gasteiger partial charge in [0.25, 0.3) is 0 Å². The molecule has 8 heteroatoms. The largest absolute Gasteiger partial charge is 0.466 e. The van der Waals surface area contributed by atoms with Gasteiger partial charge in [-0.1, -0.05) is 31.7 Å². The zero-order valence-corrected chi connectivity index (χ0v) is 15.5. The number of azide groups is 1. The van der Waals surface area contributed by atoms with E-state index in [2.05, 4.69) is 29.7 Å². The highest BCUT2D eigenvalue weighted by Gasteiger charge is 2.24. The molecule has 128 valence electrons. The molecule has 2 atom stereocenters. The number of hydrogen-bond acceptors (Lipinski definition) is 5. The van der Waals surface area contributed by atoms with E-state index in [0.717, 1.165) is 6.04 Å². The summed E-state index contributed by atoms with van der Waals surface area (Å²) in [6, 6.07) is 0.100. The van der Waals surface area contributed by atoms with Crippen molar-refractivity contribution < 1.29 is 19.0 Å². The summed E-state index contributed by atoms with van der Waals surface area (Å²) in [4.78, 5) is 14.8. The molecule has 0 aromatic carbocycles. The Kier molecular flexibility index (Phi) is 10.1. The fourth-order valence-electron chi connectivity index (χ4n) is 1.90. The Hall–Kier alpha value is -1.08. The predicted molar refractivity (Wildman–Crippen MR) is 88.3 cm³/mol. The van der Waals surface area contributed by atoms with Crippen molar-refractivity contribution in [2.75, 3.05) is 20.8 Å². The number of nitrogens with zero attached hydrogens (tertiary/aromatic N) is 3. The van der Waals surface area contributed by atoms with Gasteiger partial charge in [-0.15, -0.1) is 0 Å². The number of rotatable bonds is 11. The van der Waals surface area contributed by atoms with E-state index >= 15 is 0 Å². The smallest absolute Gasteiger partial charge is 0.314 e. The summed E-state index contributed by atoms with van der Waals surface area (Å²) in [7, 11) is 1.88. The number of esters is 1. The molecule has 0 rings (SSSR count). The zero-order chi connectivity index (χ0) is 17.2. The molecular weight excluding hydrogens is 302 g/mol. The molecule has 0 fully saturated rings. The van der Waals surface area contributed by atoms with Crippen LogP contribution in [0.2, 0.25) is 25.7 Å². The summed E-state index contributed by atoms with van der Waals surface area (Å²) >= 11 is 0. The monoisotopic (exact) mass is 331 g/mol. The second kappa shape index (κ2) is 10.6. The van der Waals surface area contributed by atoms with Crippen LogP contribution in [-0.4, -0.2) is 47.2 Å². The van der Waals surface area contributed by atoms with Crippen LogP contribution in [0.4, 0.5) is 0 Å². The Labute approximate surface area is 134 Å². The first-order valence-corrected chi connectivity index (χ1v) is 11.2. The minimum Gasteiger partial charge on any atom is -0.466 e. The molecule has 22 heavy (non-hydrogen) atoms. The van der Waals surface area contributed by atoms with Crippen molar-refractivity contribution in [2.24, 2.45) is 11.0 Å². The van der Waals surface area contributed by atoms with Gasteiger partial charge in [-0.2, -0.15) is 0 Å². The lowest BCUT2D eigenvalue weighted by molar-refractivity contribution is -0.145. The van der Waals surface area contributed by atoms with Crippen LogP contribution in [0.15, 0.2) is 5.11 Å². The van der Waals surface area contributed by atoms with Gasteiger partial charge in [-0.25, -0.2) is 0 Å². The first kappa shape index (κ1) is 20.9. The second-order valence-corrected chi connectivity index (χ2v) is 12.3. The Morgan fingerprint density at radius 3 is 2.27 bits per heavy atom. The predicted octanol–water partition coefficient (Wildman–Crippen LogP) is 3.58. The van der Waals surface area contributed by atoms with Crippen molar-refractivity contribution >= 4 is 14.0 Å². The summed E-state index contributed by atoms with van der Waals surface area (Å²) in [5.41, 5.74) is 8.64. The molecule has 0 aromatic heterocycles. The van der Waals surface area contributed by atoms with Crippen molar-refractivity contribution in [2.45, 2.75) is 57.8 Å². The van der Waals surface area contributed by atoms with Crippen LogP contribution in [0, 0.1) is 5.92 Å². The van der Waals surface area contributed by atoms with Crippen molar-refractivity contribution in [1.82, 2.24) is 0 Å². The minimum atomic E-state index is -1.25. The molecule has 0 aromatic rings. The fourth-order valence-corrected chi connectivity index (χ4v) is 2.62. The lowest BCUT2D eigenvalue weighted by Gasteiger charge is -2.21. The molecule has 0 spiro atoms. The third-order valence-electron chi connectivity index (χ3n) is 3.31. The topological polar surface area (TPSA) is 93.5 Å². The van der Waals surface area contributed by atoms with Crippen LogP contribution >= 0.6 is 0 Å². The quantitative estimate of drug-likeness (QED) is 0.144. The first-order valence-electron chi connectivity index (χ1n) is 7.50. The molecule has 0 saturated heterocycles. The summed E-state index contributed by atoms with van der Waals surface area (Å²) in [6.07, 6.45) is 0.704. The fraction of sp³-hybridized carbons (Fsp3) is 0.929. The van der Waals surface area contributed by atoms with Gasteiger partial charge in [-0.3, -0.25) is 4.79 Å². The number of hydrogen-bond donors (Lipinski definition) is 0. The number of carbonyl (C=O) groups is 1. The average Bonchev–Trinajstić information content (AvgIpc) is 2.42. The van der Waals surface area contributed by atoms with Crippen molar-refractivity contribution in [1.29, 1.82) is 0 Å². The number of carbonyl (C=O) groups excluding carboxylic acids is 1. The molecule has 0 aliphatic rings. The van der Waals surface area contributed by atoms with E-state index < -0.39 is 20.1 Å². The van der Waals surface area contributed by atoms with Crippen LogP contribution in [0.3, 0.4) is 0 Å². The van der Waals surface area contributed by atoms with E-state index in [1.807, 2.05) is 6.92 Å². The van der Waals surface area contributed by atoms with Gasteiger partial charge < -0.3 is 14.2 Å². The first-order chi connectivity index (χ1) is 10.2. The maximum atomic E-state index is 12.0. The molecule has 0 radical (unpaired) electrons. The van der Waals surface area contributed by atoms with E-state index in [1.165, 1.54) is 0 Å². The average molecular weight is 331 g/mol. The highest BCUT2D eigenvalue weighted by Crippen LogP contribution is 2.18. The molecule has 0 aliphatic heterocycles. The van der Waals surface area contributed by atoms with Gasteiger partial charge in [0, 0.05) is 33.6 Å². The van der Waals surface area contributed by atoms with E-state index in [4.69, 9.17) is 19.7 Å². The maximum Gasteiger partial charge on any atom is 0.314 e. The number of methoxy groups -OCH3 is 2. The summed E-state index contributed by atoms with van der Waals surface area (Å²) in [5, 5.41) is 3.57. The standard InChI is InChI=1S/C14H29N3O4Si/c1-11(10-13(19-2)20-3)9-12(16-17-15)14(18)21-7-8-22(4,5)6/h11-13H,7-10H2,1-6H3. The van der Waals surface area contributed by atoms with Crippen LogP contribution in [0.1, 0.15) is 19.8 Å². The lowest BCUT2D eigenvalue weighted by atomic mass is 9.98. The Morgan fingerprint density at radius 2 is 1.82 bits per heavy atom. The van der Waals surface area contributed by atoms with Gasteiger partial charge in [0.05, 0.1) is 6.61 Å². The highest BCUT2D eigenvalue weighted by molar-refractivity contribution is 6.76. The summed E-state index contributed by atoms with van der Waals surface area (Å²) in [5.74, 6) is -0.348. The molecular formula is C14H29N3O4Si. The van der Waals surface area contributed by atoms with E-state index in [9.17, 15) is 4.79 Å².